The molecule has 0 spiro atoms. The average Bonchev–Trinajstić information content (AvgIpc) is 3.42. The molecule has 150 valence electrons. The van der Waals surface area contributed by atoms with Crippen LogP contribution in [0.2, 0.25) is 5.02 Å². The second-order valence-corrected chi connectivity index (χ2v) is 8.09. The lowest BCUT2D eigenvalue weighted by Crippen LogP contribution is -2.32. The number of benzene rings is 2. The van der Waals surface area contributed by atoms with Gasteiger partial charge in [0.05, 0.1) is 11.9 Å². The summed E-state index contributed by atoms with van der Waals surface area (Å²) in [7, 11) is 0. The van der Waals surface area contributed by atoms with Crippen molar-refractivity contribution < 1.29 is 9.53 Å². The topological polar surface area (TPSA) is 69.0 Å². The number of carbonyl (C=O) groups is 1. The van der Waals surface area contributed by atoms with Crippen LogP contribution in [0.15, 0.2) is 59.8 Å². The van der Waals surface area contributed by atoms with Crippen LogP contribution in [-0.2, 0) is 9.53 Å². The number of aromatic nitrogens is 3. The number of amides is 1. The summed E-state index contributed by atoms with van der Waals surface area (Å²) in [6.07, 6.45) is 2.19. The van der Waals surface area contributed by atoms with Gasteiger partial charge in [-0.25, -0.2) is 0 Å². The highest BCUT2D eigenvalue weighted by atomic mass is 35.5. The number of hydrogen-bond donors (Lipinski definition) is 1. The molecule has 8 heteroatoms. The minimum atomic E-state index is -0.0441. The Hall–Kier alpha value is -2.35. The van der Waals surface area contributed by atoms with Gasteiger partial charge in [0.2, 0.25) is 5.91 Å². The summed E-state index contributed by atoms with van der Waals surface area (Å²) in [6.45, 7) is 1.33. The molecule has 1 aliphatic rings. The van der Waals surface area contributed by atoms with Gasteiger partial charge in [-0.3, -0.25) is 9.36 Å². The van der Waals surface area contributed by atoms with Gasteiger partial charge in [-0.15, -0.1) is 10.2 Å². The maximum absolute atomic E-state index is 12.3. The van der Waals surface area contributed by atoms with Crippen LogP contribution >= 0.6 is 23.4 Å². The SMILES string of the molecule is O=C(CSc1nnc(-c2ccccc2)n1-c1ccc(Cl)cc1)NC[C@H]1CCCO1. The first kappa shape index (κ1) is 19.9. The Morgan fingerprint density at radius 2 is 1.97 bits per heavy atom. The zero-order valence-electron chi connectivity index (χ0n) is 15.8. The van der Waals surface area contributed by atoms with Gasteiger partial charge in [0.25, 0.3) is 0 Å². The predicted molar refractivity (Wildman–Crippen MR) is 115 cm³/mol. The molecule has 1 atom stereocenters. The van der Waals surface area contributed by atoms with Crippen molar-refractivity contribution in [1.29, 1.82) is 0 Å². The molecule has 1 amide bonds. The third-order valence-corrected chi connectivity index (χ3v) is 5.81. The Bertz CT molecular complexity index is 957. The van der Waals surface area contributed by atoms with Crippen LogP contribution < -0.4 is 5.32 Å². The van der Waals surface area contributed by atoms with Crippen molar-refractivity contribution in [3.05, 3.63) is 59.6 Å². The molecular weight excluding hydrogens is 408 g/mol. The fourth-order valence-electron chi connectivity index (χ4n) is 3.17. The molecule has 0 aliphatic carbocycles. The number of nitrogens with zero attached hydrogens (tertiary/aromatic N) is 3. The van der Waals surface area contributed by atoms with Crippen LogP contribution in [0.3, 0.4) is 0 Å². The number of nitrogens with one attached hydrogen (secondary N) is 1. The lowest BCUT2D eigenvalue weighted by molar-refractivity contribution is -0.119. The number of rotatable bonds is 7. The van der Waals surface area contributed by atoms with E-state index in [1.54, 1.807) is 0 Å². The molecule has 1 aliphatic heterocycles. The van der Waals surface area contributed by atoms with Crippen molar-refractivity contribution in [2.24, 2.45) is 0 Å². The molecule has 6 nitrogen and oxygen atoms in total. The molecule has 29 heavy (non-hydrogen) atoms. The molecule has 2 heterocycles. The highest BCUT2D eigenvalue weighted by molar-refractivity contribution is 7.99. The van der Waals surface area contributed by atoms with E-state index >= 15 is 0 Å². The quantitative estimate of drug-likeness (QED) is 0.576. The number of ether oxygens (including phenoxy) is 1. The maximum atomic E-state index is 12.3. The second-order valence-electron chi connectivity index (χ2n) is 6.71. The van der Waals surface area contributed by atoms with Crippen LogP contribution in [0.1, 0.15) is 12.8 Å². The zero-order valence-corrected chi connectivity index (χ0v) is 17.3. The molecule has 0 unspecified atom stereocenters. The van der Waals surface area contributed by atoms with Crippen molar-refractivity contribution >= 4 is 29.3 Å². The Labute approximate surface area is 178 Å². The monoisotopic (exact) mass is 428 g/mol. The van der Waals surface area contributed by atoms with Crippen LogP contribution in [0.5, 0.6) is 0 Å². The number of halogens is 1. The van der Waals surface area contributed by atoms with Gasteiger partial charge < -0.3 is 10.1 Å². The van der Waals surface area contributed by atoms with E-state index in [9.17, 15) is 4.79 Å². The lowest BCUT2D eigenvalue weighted by atomic mass is 10.2. The van der Waals surface area contributed by atoms with E-state index < -0.39 is 0 Å². The van der Waals surface area contributed by atoms with E-state index in [4.69, 9.17) is 16.3 Å². The minimum absolute atomic E-state index is 0.0441. The largest absolute Gasteiger partial charge is 0.376 e. The fourth-order valence-corrected chi connectivity index (χ4v) is 4.08. The molecule has 1 N–H and O–H groups in total. The Balaban J connectivity index is 1.52. The molecule has 3 aromatic rings. The van der Waals surface area contributed by atoms with E-state index in [2.05, 4.69) is 15.5 Å². The molecule has 0 bridgehead atoms. The lowest BCUT2D eigenvalue weighted by Gasteiger charge is -2.12. The minimum Gasteiger partial charge on any atom is -0.376 e. The van der Waals surface area contributed by atoms with Gasteiger partial charge in [0.15, 0.2) is 11.0 Å². The van der Waals surface area contributed by atoms with Gasteiger partial charge in [0.1, 0.15) is 0 Å². The third-order valence-electron chi connectivity index (χ3n) is 4.63. The first-order valence-corrected chi connectivity index (χ1v) is 10.8. The Kier molecular flexibility index (Phi) is 6.49. The zero-order chi connectivity index (χ0) is 20.1. The summed E-state index contributed by atoms with van der Waals surface area (Å²) in [4.78, 5) is 12.3. The van der Waals surface area contributed by atoms with Gasteiger partial charge >= 0.3 is 0 Å². The first-order chi connectivity index (χ1) is 14.2. The molecule has 4 rings (SSSR count). The van der Waals surface area contributed by atoms with Crippen molar-refractivity contribution in [1.82, 2.24) is 20.1 Å². The molecule has 1 aromatic heterocycles. The standard InChI is InChI=1S/C21H21ClN4O2S/c22-16-8-10-17(11-9-16)26-20(15-5-2-1-3-6-15)24-25-21(26)29-14-19(27)23-13-18-7-4-12-28-18/h1-3,5-6,8-11,18H,4,7,12-14H2,(H,23,27)/t18-/m1/s1. The van der Waals surface area contributed by atoms with Crippen LogP contribution in [0.25, 0.3) is 17.1 Å². The van der Waals surface area contributed by atoms with Gasteiger partial charge in [-0.05, 0) is 37.1 Å². The molecule has 0 saturated carbocycles. The van der Waals surface area contributed by atoms with Crippen molar-refractivity contribution in [2.75, 3.05) is 18.9 Å². The first-order valence-electron chi connectivity index (χ1n) is 9.48. The van der Waals surface area contributed by atoms with Crippen molar-refractivity contribution in [2.45, 2.75) is 24.1 Å². The summed E-state index contributed by atoms with van der Waals surface area (Å²) >= 11 is 7.41. The van der Waals surface area contributed by atoms with Crippen LogP contribution in [-0.4, -0.2) is 45.7 Å². The summed E-state index contributed by atoms with van der Waals surface area (Å²) < 4.78 is 7.49. The van der Waals surface area contributed by atoms with E-state index in [0.717, 1.165) is 36.5 Å². The maximum Gasteiger partial charge on any atom is 0.230 e. The highest BCUT2D eigenvalue weighted by Crippen LogP contribution is 2.28. The van der Waals surface area contributed by atoms with Crippen molar-refractivity contribution in [3.8, 4) is 17.1 Å². The van der Waals surface area contributed by atoms with E-state index in [0.29, 0.717) is 16.7 Å². The number of hydrogen-bond acceptors (Lipinski definition) is 5. The molecule has 0 radical (unpaired) electrons. The Morgan fingerprint density at radius 3 is 2.69 bits per heavy atom. The van der Waals surface area contributed by atoms with Gasteiger partial charge in [0, 0.05) is 29.4 Å². The van der Waals surface area contributed by atoms with E-state index in [-0.39, 0.29) is 17.8 Å². The van der Waals surface area contributed by atoms with E-state index in [1.807, 2.05) is 59.2 Å². The van der Waals surface area contributed by atoms with Gasteiger partial charge in [-0.1, -0.05) is 53.7 Å². The predicted octanol–water partition coefficient (Wildman–Crippen LogP) is 3.98. The third kappa shape index (κ3) is 4.98. The van der Waals surface area contributed by atoms with Gasteiger partial charge in [-0.2, -0.15) is 0 Å². The van der Waals surface area contributed by atoms with E-state index in [1.165, 1.54) is 11.8 Å². The highest BCUT2D eigenvalue weighted by Gasteiger charge is 2.19. The smallest absolute Gasteiger partial charge is 0.230 e. The normalized spacial score (nSPS) is 16.1. The summed E-state index contributed by atoms with van der Waals surface area (Å²) in [6, 6.07) is 17.3. The van der Waals surface area contributed by atoms with Crippen molar-refractivity contribution in [3.63, 3.8) is 0 Å². The summed E-state index contributed by atoms with van der Waals surface area (Å²) in [5, 5.41) is 13.0. The van der Waals surface area contributed by atoms with Crippen LogP contribution in [0.4, 0.5) is 0 Å². The summed E-state index contributed by atoms with van der Waals surface area (Å²) in [5.41, 5.74) is 1.84. The fraction of sp³-hybridized carbons (Fsp3) is 0.286. The summed E-state index contributed by atoms with van der Waals surface area (Å²) in [5.74, 6) is 0.931. The molecule has 1 fully saturated rings. The average molecular weight is 429 g/mol. The second kappa shape index (κ2) is 9.43. The molecule has 1 saturated heterocycles. The molecule has 2 aromatic carbocycles. The van der Waals surface area contributed by atoms with Crippen LogP contribution in [0, 0.1) is 0 Å². The Morgan fingerprint density at radius 1 is 1.17 bits per heavy atom. The number of carbonyl (C=O) groups excluding carboxylic acids is 1. The number of thioether (sulfide) groups is 1. The molecular formula is C21H21ClN4O2S.